The molecular formula is C20H14ClN3O5. The summed E-state index contributed by atoms with van der Waals surface area (Å²) >= 11 is 5.88. The van der Waals surface area contributed by atoms with Crippen LogP contribution in [0.3, 0.4) is 0 Å². The van der Waals surface area contributed by atoms with E-state index in [2.05, 4.69) is 5.32 Å². The standard InChI is InChI=1S/C20H14ClN3O5/c21-11-7-5-10(6-8-11)9-22-20(14-17(27)23-19(29)24-18(14)28)15(25)12-3-1-2-4-13(12)16(20)26/h1-8,22H,9H2,(H3,23,24,27,28,29). The number of hydrogen-bond acceptors (Lipinski definition) is 6. The number of benzene rings is 2. The minimum atomic E-state index is -2.19. The molecule has 1 aliphatic rings. The molecule has 0 unspecified atom stereocenters. The van der Waals surface area contributed by atoms with Crippen molar-refractivity contribution < 1.29 is 14.7 Å². The summed E-state index contributed by atoms with van der Waals surface area (Å²) in [7, 11) is 0. The number of aromatic hydroxyl groups is 1. The lowest BCUT2D eigenvalue weighted by molar-refractivity contribution is 0.0745. The Balaban J connectivity index is 1.91. The van der Waals surface area contributed by atoms with Gasteiger partial charge in [0.05, 0.1) is 0 Å². The van der Waals surface area contributed by atoms with Crippen molar-refractivity contribution in [1.82, 2.24) is 15.3 Å². The monoisotopic (exact) mass is 411 g/mol. The predicted molar refractivity (Wildman–Crippen MR) is 104 cm³/mol. The van der Waals surface area contributed by atoms with Gasteiger partial charge in [0.2, 0.25) is 5.88 Å². The van der Waals surface area contributed by atoms with Crippen molar-refractivity contribution in [3.63, 3.8) is 0 Å². The maximum absolute atomic E-state index is 13.3. The first-order valence-corrected chi connectivity index (χ1v) is 8.96. The highest BCUT2D eigenvalue weighted by Crippen LogP contribution is 2.39. The van der Waals surface area contributed by atoms with E-state index in [1.54, 1.807) is 36.4 Å². The molecule has 0 atom stereocenters. The molecule has 9 heteroatoms. The Morgan fingerprint density at radius 2 is 1.48 bits per heavy atom. The molecule has 1 aromatic heterocycles. The Hall–Kier alpha value is -3.49. The Kier molecular flexibility index (Phi) is 4.45. The van der Waals surface area contributed by atoms with E-state index in [1.807, 2.05) is 9.97 Å². The molecule has 0 amide bonds. The van der Waals surface area contributed by atoms with E-state index in [1.165, 1.54) is 12.1 Å². The molecule has 4 N–H and O–H groups in total. The molecule has 0 bridgehead atoms. The Labute approximate surface area is 168 Å². The Morgan fingerprint density at radius 3 is 2.03 bits per heavy atom. The van der Waals surface area contributed by atoms with Gasteiger partial charge in [0.25, 0.3) is 5.56 Å². The van der Waals surface area contributed by atoms with Crippen LogP contribution in [0.2, 0.25) is 5.02 Å². The van der Waals surface area contributed by atoms with Crippen molar-refractivity contribution in [1.29, 1.82) is 0 Å². The van der Waals surface area contributed by atoms with Gasteiger partial charge in [-0.3, -0.25) is 29.7 Å². The normalized spacial score (nSPS) is 14.8. The molecule has 0 saturated carbocycles. The molecule has 29 heavy (non-hydrogen) atoms. The molecule has 3 aromatic rings. The highest BCUT2D eigenvalue weighted by atomic mass is 35.5. The molecule has 2 aromatic carbocycles. The van der Waals surface area contributed by atoms with E-state index in [9.17, 15) is 24.3 Å². The molecule has 0 aliphatic heterocycles. The van der Waals surface area contributed by atoms with Gasteiger partial charge in [0, 0.05) is 22.7 Å². The van der Waals surface area contributed by atoms with Gasteiger partial charge in [-0.2, -0.15) is 0 Å². The number of ketones is 2. The van der Waals surface area contributed by atoms with Gasteiger partial charge in [-0.25, -0.2) is 4.79 Å². The average Bonchev–Trinajstić information content (AvgIpc) is 2.90. The van der Waals surface area contributed by atoms with Crippen molar-refractivity contribution >= 4 is 23.2 Å². The number of hydrogen-bond donors (Lipinski definition) is 4. The van der Waals surface area contributed by atoms with E-state index < -0.39 is 39.8 Å². The van der Waals surface area contributed by atoms with Crippen molar-refractivity contribution in [2.75, 3.05) is 0 Å². The number of halogens is 1. The van der Waals surface area contributed by atoms with Gasteiger partial charge in [0.15, 0.2) is 17.1 Å². The molecule has 0 saturated heterocycles. The molecule has 0 fully saturated rings. The quantitative estimate of drug-likeness (QED) is 0.481. The third kappa shape index (κ3) is 2.89. The number of carbonyl (C=O) groups is 2. The zero-order valence-corrected chi connectivity index (χ0v) is 15.5. The van der Waals surface area contributed by atoms with Crippen LogP contribution in [-0.2, 0) is 12.1 Å². The fraction of sp³-hybridized carbons (Fsp3) is 0.100. The lowest BCUT2D eigenvalue weighted by Gasteiger charge is -2.27. The van der Waals surface area contributed by atoms with Crippen molar-refractivity contribution in [3.05, 3.63) is 96.6 Å². The highest BCUT2D eigenvalue weighted by molar-refractivity contribution is 6.33. The van der Waals surface area contributed by atoms with E-state index in [0.29, 0.717) is 10.6 Å². The lowest BCUT2D eigenvalue weighted by atomic mass is 9.85. The SMILES string of the molecule is O=C1c2ccccc2C(=O)C1(NCc1ccc(Cl)cc1)c1c(O)[nH]c(=O)[nH]c1=O. The lowest BCUT2D eigenvalue weighted by Crippen LogP contribution is -2.54. The largest absolute Gasteiger partial charge is 0.494 e. The second kappa shape index (κ2) is 6.84. The second-order valence-corrected chi connectivity index (χ2v) is 7.00. The van der Waals surface area contributed by atoms with Gasteiger partial charge >= 0.3 is 5.69 Å². The fourth-order valence-corrected chi connectivity index (χ4v) is 3.65. The van der Waals surface area contributed by atoms with Gasteiger partial charge < -0.3 is 5.11 Å². The zero-order valence-electron chi connectivity index (χ0n) is 14.8. The van der Waals surface area contributed by atoms with Gasteiger partial charge in [-0.05, 0) is 17.7 Å². The summed E-state index contributed by atoms with van der Waals surface area (Å²) in [5.74, 6) is -2.24. The summed E-state index contributed by atoms with van der Waals surface area (Å²) in [4.78, 5) is 54.7. The average molecular weight is 412 g/mol. The number of Topliss-reactive ketones (excluding diaryl/α,β-unsaturated/α-hetero) is 2. The molecule has 8 nitrogen and oxygen atoms in total. The van der Waals surface area contributed by atoms with E-state index in [4.69, 9.17) is 11.6 Å². The van der Waals surface area contributed by atoms with Crippen LogP contribution in [-0.4, -0.2) is 26.6 Å². The summed E-state index contributed by atoms with van der Waals surface area (Å²) in [5, 5.41) is 13.7. The smallest absolute Gasteiger partial charge is 0.328 e. The number of carbonyl (C=O) groups excluding carboxylic acids is 2. The number of aromatic amines is 2. The first-order chi connectivity index (χ1) is 13.8. The van der Waals surface area contributed by atoms with E-state index in [0.717, 1.165) is 0 Å². The van der Waals surface area contributed by atoms with Crippen LogP contribution in [0.4, 0.5) is 0 Å². The van der Waals surface area contributed by atoms with Crippen molar-refractivity contribution in [3.8, 4) is 5.88 Å². The van der Waals surface area contributed by atoms with Crippen LogP contribution in [0.25, 0.3) is 0 Å². The number of fused-ring (bicyclic) bond motifs is 1. The molecule has 1 heterocycles. The minimum Gasteiger partial charge on any atom is -0.494 e. The summed E-state index contributed by atoms with van der Waals surface area (Å²) in [5.41, 5.74) is -3.82. The maximum Gasteiger partial charge on any atom is 0.328 e. The van der Waals surface area contributed by atoms with Crippen molar-refractivity contribution in [2.45, 2.75) is 12.1 Å². The topological polar surface area (TPSA) is 132 Å². The van der Waals surface area contributed by atoms with Crippen LogP contribution in [0, 0.1) is 0 Å². The third-order valence-electron chi connectivity index (χ3n) is 4.87. The molecule has 4 rings (SSSR count). The third-order valence-corrected chi connectivity index (χ3v) is 5.12. The summed E-state index contributed by atoms with van der Waals surface area (Å²) in [6.07, 6.45) is 0. The minimum absolute atomic E-state index is 0.0145. The summed E-state index contributed by atoms with van der Waals surface area (Å²) in [6.45, 7) is 0.0145. The molecule has 1 aliphatic carbocycles. The highest BCUT2D eigenvalue weighted by Gasteiger charge is 2.57. The number of rotatable bonds is 4. The number of nitrogens with one attached hydrogen (secondary N) is 3. The molecule has 0 spiro atoms. The Morgan fingerprint density at radius 1 is 0.897 bits per heavy atom. The Bertz CT molecular complexity index is 1230. The van der Waals surface area contributed by atoms with Crippen LogP contribution in [0.15, 0.2) is 58.1 Å². The van der Waals surface area contributed by atoms with Gasteiger partial charge in [0.1, 0.15) is 5.56 Å². The van der Waals surface area contributed by atoms with E-state index in [-0.39, 0.29) is 17.7 Å². The number of aromatic nitrogens is 2. The van der Waals surface area contributed by atoms with Crippen LogP contribution >= 0.6 is 11.6 Å². The van der Waals surface area contributed by atoms with Crippen molar-refractivity contribution in [2.24, 2.45) is 0 Å². The van der Waals surface area contributed by atoms with E-state index >= 15 is 0 Å². The van der Waals surface area contributed by atoms with Gasteiger partial charge in [-0.1, -0.05) is 48.0 Å². The van der Waals surface area contributed by atoms with Crippen LogP contribution in [0.1, 0.15) is 31.8 Å². The van der Waals surface area contributed by atoms with Crippen LogP contribution in [0.5, 0.6) is 5.88 Å². The predicted octanol–water partition coefficient (Wildman–Crippen LogP) is 1.49. The number of H-pyrrole nitrogens is 2. The summed E-state index contributed by atoms with van der Waals surface area (Å²) < 4.78 is 0. The summed E-state index contributed by atoms with van der Waals surface area (Å²) in [6, 6.07) is 12.8. The second-order valence-electron chi connectivity index (χ2n) is 6.57. The van der Waals surface area contributed by atoms with Gasteiger partial charge in [-0.15, -0.1) is 0 Å². The van der Waals surface area contributed by atoms with Crippen LogP contribution < -0.4 is 16.6 Å². The molecule has 0 radical (unpaired) electrons. The maximum atomic E-state index is 13.3. The first-order valence-electron chi connectivity index (χ1n) is 8.58. The molecule has 146 valence electrons. The fourth-order valence-electron chi connectivity index (χ4n) is 3.52. The molecular weight excluding hydrogens is 398 g/mol. The first kappa shape index (κ1) is 18.9. The zero-order chi connectivity index (χ0) is 20.8.